The third-order valence-electron chi connectivity index (χ3n) is 5.00. The summed E-state index contributed by atoms with van der Waals surface area (Å²) in [5.41, 5.74) is -0.236. The molecule has 0 saturated heterocycles. The molecule has 0 spiro atoms. The Labute approximate surface area is 195 Å². The van der Waals surface area contributed by atoms with Crippen molar-refractivity contribution in [1.82, 2.24) is 5.32 Å². The number of thiocarbonyl (C=S) groups is 1. The average molecular weight is 468 g/mol. The van der Waals surface area contributed by atoms with E-state index >= 15 is 0 Å². The van der Waals surface area contributed by atoms with Crippen LogP contribution in [-0.2, 0) is 13.9 Å². The molecule has 1 rings (SSSR count). The van der Waals surface area contributed by atoms with Crippen LogP contribution in [-0.4, -0.2) is 36.8 Å². The molecule has 2 atom stereocenters. The molecule has 0 aliphatic rings. The smallest absolute Gasteiger partial charge is 0.408 e. The maximum Gasteiger partial charge on any atom is 0.408 e. The molecule has 0 aromatic heterocycles. The molecule has 0 aliphatic carbocycles. The predicted octanol–water partition coefficient (Wildman–Crippen LogP) is 6.79. The van der Waals surface area contributed by atoms with Crippen molar-refractivity contribution in [3.63, 3.8) is 0 Å². The number of benzene rings is 1. The lowest BCUT2D eigenvalue weighted by atomic mass is 10.0. The van der Waals surface area contributed by atoms with E-state index in [0.717, 1.165) is 5.56 Å². The van der Waals surface area contributed by atoms with E-state index in [1.165, 1.54) is 0 Å². The molecular formula is C24H41NO4SSi. The van der Waals surface area contributed by atoms with Gasteiger partial charge in [-0.2, -0.15) is 0 Å². The quantitative estimate of drug-likeness (QED) is 0.369. The van der Waals surface area contributed by atoms with Crippen molar-refractivity contribution in [3.8, 4) is 0 Å². The first-order valence-corrected chi connectivity index (χ1v) is 14.1. The fourth-order valence-corrected chi connectivity index (χ4v) is 4.29. The van der Waals surface area contributed by atoms with Crippen molar-refractivity contribution >= 4 is 31.7 Å². The van der Waals surface area contributed by atoms with Gasteiger partial charge < -0.3 is 19.2 Å². The topological polar surface area (TPSA) is 56.8 Å². The molecule has 0 unspecified atom stereocenters. The minimum atomic E-state index is -2.26. The summed E-state index contributed by atoms with van der Waals surface area (Å²) >= 11 is 5.74. The largest absolute Gasteiger partial charge is 0.479 e. The molecular weight excluding hydrogens is 426 g/mol. The molecule has 5 nitrogen and oxygen atoms in total. The van der Waals surface area contributed by atoms with Crippen LogP contribution in [0.4, 0.5) is 4.79 Å². The number of hydrogen-bond donors (Lipinski definition) is 1. The third kappa shape index (κ3) is 9.29. The van der Waals surface area contributed by atoms with Gasteiger partial charge in [-0.1, -0.05) is 51.1 Å². The van der Waals surface area contributed by atoms with Gasteiger partial charge in [0.2, 0.25) is 0 Å². The van der Waals surface area contributed by atoms with E-state index in [2.05, 4.69) is 39.2 Å². The second-order valence-electron chi connectivity index (χ2n) is 11.4. The molecule has 176 valence electrons. The molecule has 1 aromatic carbocycles. The molecule has 1 N–H and O–H groups in total. The lowest BCUT2D eigenvalue weighted by molar-refractivity contribution is 0.0436. The first-order chi connectivity index (χ1) is 13.8. The van der Waals surface area contributed by atoms with Crippen molar-refractivity contribution in [3.05, 3.63) is 35.9 Å². The van der Waals surface area contributed by atoms with Crippen LogP contribution in [0.25, 0.3) is 0 Å². The van der Waals surface area contributed by atoms with E-state index in [9.17, 15) is 4.79 Å². The second kappa shape index (κ2) is 10.0. The SMILES string of the molecule is CC(C)(C)OC(=O)N[C@@H](c1ccccc1)[C@@H](O[Si](C)(C)C(C)(C)C)C(=S)OC(C)(C)C. The van der Waals surface area contributed by atoms with Crippen molar-refractivity contribution in [2.75, 3.05) is 0 Å². The molecule has 1 amide bonds. The van der Waals surface area contributed by atoms with Gasteiger partial charge in [0.05, 0.1) is 6.04 Å². The van der Waals surface area contributed by atoms with Crippen molar-refractivity contribution in [2.24, 2.45) is 0 Å². The normalized spacial score (nSPS) is 15.1. The van der Waals surface area contributed by atoms with Crippen LogP contribution >= 0.6 is 12.2 Å². The first kappa shape index (κ1) is 27.6. The average Bonchev–Trinajstić information content (AvgIpc) is 2.54. The summed E-state index contributed by atoms with van der Waals surface area (Å²) in [6.45, 7) is 22.2. The highest BCUT2D eigenvalue weighted by atomic mass is 32.1. The standard InChI is InChI=1S/C24H41NO4SSi/c1-22(2,3)27-20(30)19(29-31(10,11)24(7,8)9)18(17-15-13-12-14-16-17)25-21(26)28-23(4,5)6/h12-16,18-19H,1-11H3,(H,25,26)/t18-,19+/m0/s1. The Bertz CT molecular complexity index is 746. The molecule has 0 fully saturated rings. The summed E-state index contributed by atoms with van der Waals surface area (Å²) < 4.78 is 18.4. The van der Waals surface area contributed by atoms with Gasteiger partial charge in [0.1, 0.15) is 17.3 Å². The van der Waals surface area contributed by atoms with Crippen LogP contribution < -0.4 is 5.32 Å². The zero-order chi connectivity index (χ0) is 24.3. The molecule has 0 radical (unpaired) electrons. The molecule has 1 aromatic rings. The maximum absolute atomic E-state index is 12.8. The fourth-order valence-electron chi connectivity index (χ4n) is 2.53. The Balaban J connectivity index is 3.44. The third-order valence-corrected chi connectivity index (χ3v) is 9.77. The van der Waals surface area contributed by atoms with E-state index < -0.39 is 37.8 Å². The van der Waals surface area contributed by atoms with Crippen LogP contribution in [0.5, 0.6) is 0 Å². The molecule has 0 saturated carbocycles. The summed E-state index contributed by atoms with van der Waals surface area (Å²) in [5, 5.41) is 3.27. The van der Waals surface area contributed by atoms with Gasteiger partial charge >= 0.3 is 6.09 Å². The van der Waals surface area contributed by atoms with Crippen molar-refractivity contribution in [1.29, 1.82) is 0 Å². The van der Waals surface area contributed by atoms with E-state index in [1.807, 2.05) is 71.9 Å². The number of nitrogens with one attached hydrogen (secondary N) is 1. The molecule has 0 aliphatic heterocycles. The van der Waals surface area contributed by atoms with E-state index in [-0.39, 0.29) is 5.04 Å². The van der Waals surface area contributed by atoms with Gasteiger partial charge in [-0.3, -0.25) is 0 Å². The molecule has 31 heavy (non-hydrogen) atoms. The molecule has 0 heterocycles. The monoisotopic (exact) mass is 467 g/mol. The van der Waals surface area contributed by atoms with Gasteiger partial charge in [0.25, 0.3) is 0 Å². The zero-order valence-corrected chi connectivity index (χ0v) is 22.9. The summed E-state index contributed by atoms with van der Waals surface area (Å²) in [4.78, 5) is 12.8. The number of ether oxygens (including phenoxy) is 2. The lowest BCUT2D eigenvalue weighted by Crippen LogP contribution is -2.52. The fraction of sp³-hybridized carbons (Fsp3) is 0.667. The predicted molar refractivity (Wildman–Crippen MR) is 134 cm³/mol. The maximum atomic E-state index is 12.8. The number of amides is 1. The zero-order valence-electron chi connectivity index (χ0n) is 21.1. The summed E-state index contributed by atoms with van der Waals surface area (Å²) in [6, 6.07) is 9.13. The number of alkyl carbamates (subject to hydrolysis) is 1. The van der Waals surface area contributed by atoms with Gasteiger partial charge in [-0.05, 0) is 77.5 Å². The second-order valence-corrected chi connectivity index (χ2v) is 16.5. The van der Waals surface area contributed by atoms with E-state index in [0.29, 0.717) is 5.05 Å². The Hall–Kier alpha value is -1.44. The van der Waals surface area contributed by atoms with E-state index in [1.54, 1.807) is 0 Å². The van der Waals surface area contributed by atoms with Gasteiger partial charge in [-0.25, -0.2) is 4.79 Å². The summed E-state index contributed by atoms with van der Waals surface area (Å²) in [5.74, 6) is 0. The van der Waals surface area contributed by atoms with Crippen LogP contribution in [0.1, 0.15) is 73.9 Å². The Morgan fingerprint density at radius 2 is 1.39 bits per heavy atom. The minimum Gasteiger partial charge on any atom is -0.479 e. The highest BCUT2D eigenvalue weighted by molar-refractivity contribution is 7.80. The number of rotatable bonds is 6. The lowest BCUT2D eigenvalue weighted by Gasteiger charge is -2.42. The van der Waals surface area contributed by atoms with Crippen LogP contribution in [0, 0.1) is 0 Å². The Morgan fingerprint density at radius 3 is 1.81 bits per heavy atom. The molecule has 7 heteroatoms. The Morgan fingerprint density at radius 1 is 0.903 bits per heavy atom. The van der Waals surface area contributed by atoms with E-state index in [4.69, 9.17) is 26.1 Å². The van der Waals surface area contributed by atoms with Crippen molar-refractivity contribution < 1.29 is 18.7 Å². The molecule has 0 bridgehead atoms. The number of carbonyl (C=O) groups excluding carboxylic acids is 1. The highest BCUT2D eigenvalue weighted by Gasteiger charge is 2.44. The Kier molecular flexibility index (Phi) is 8.90. The van der Waals surface area contributed by atoms with Crippen LogP contribution in [0.2, 0.25) is 18.1 Å². The summed E-state index contributed by atoms with van der Waals surface area (Å²) in [7, 11) is -2.26. The highest BCUT2D eigenvalue weighted by Crippen LogP contribution is 2.39. The minimum absolute atomic E-state index is 0.0459. The summed E-state index contributed by atoms with van der Waals surface area (Å²) in [6.07, 6.45) is -1.17. The number of hydrogen-bond acceptors (Lipinski definition) is 5. The number of carbonyl (C=O) groups is 1. The van der Waals surface area contributed by atoms with Gasteiger partial charge in [-0.15, -0.1) is 0 Å². The van der Waals surface area contributed by atoms with Gasteiger partial charge in [0.15, 0.2) is 13.4 Å². The van der Waals surface area contributed by atoms with Crippen LogP contribution in [0.3, 0.4) is 0 Å². The van der Waals surface area contributed by atoms with Crippen LogP contribution in [0.15, 0.2) is 30.3 Å². The first-order valence-electron chi connectivity index (χ1n) is 10.8. The van der Waals surface area contributed by atoms with Gasteiger partial charge in [0, 0.05) is 0 Å². The van der Waals surface area contributed by atoms with Crippen molar-refractivity contribution in [2.45, 2.75) is 104 Å².